The van der Waals surface area contributed by atoms with Crippen molar-refractivity contribution in [2.24, 2.45) is 5.92 Å². The summed E-state index contributed by atoms with van der Waals surface area (Å²) < 4.78 is 11.2. The molecule has 0 radical (unpaired) electrons. The van der Waals surface area contributed by atoms with Crippen molar-refractivity contribution in [3.8, 4) is 5.75 Å². The molecule has 0 aromatic heterocycles. The number of aliphatic hydroxyl groups excluding tert-OH is 1. The number of ether oxygens (including phenoxy) is 2. The average molecular weight is 257 g/mol. The molecule has 94 valence electrons. The molecule has 17 heavy (non-hydrogen) atoms. The smallest absolute Gasteiger partial charge is 0.119 e. The lowest BCUT2D eigenvalue weighted by Gasteiger charge is -2.27. The summed E-state index contributed by atoms with van der Waals surface area (Å²) in [5, 5.41) is 9.65. The summed E-state index contributed by atoms with van der Waals surface area (Å²) in [6.07, 6.45) is 1.96. The van der Waals surface area contributed by atoms with E-state index in [4.69, 9.17) is 26.2 Å². The zero-order valence-corrected chi connectivity index (χ0v) is 10.4. The molecule has 1 heterocycles. The first-order valence-corrected chi connectivity index (χ1v) is 6.26. The summed E-state index contributed by atoms with van der Waals surface area (Å²) in [5.41, 5.74) is 0. The summed E-state index contributed by atoms with van der Waals surface area (Å²) >= 11 is 5.79. The van der Waals surface area contributed by atoms with E-state index in [0.29, 0.717) is 24.2 Å². The van der Waals surface area contributed by atoms with Crippen LogP contribution in [0.2, 0.25) is 5.02 Å². The highest BCUT2D eigenvalue weighted by molar-refractivity contribution is 6.30. The molecule has 0 aliphatic carbocycles. The molecular weight excluding hydrogens is 240 g/mol. The Hall–Kier alpha value is -0.770. The van der Waals surface area contributed by atoms with Crippen LogP contribution in [-0.4, -0.2) is 31.0 Å². The Kier molecular flexibility index (Phi) is 4.66. The lowest BCUT2D eigenvalue weighted by molar-refractivity contribution is -0.0508. The highest BCUT2D eigenvalue weighted by atomic mass is 35.5. The first kappa shape index (κ1) is 12.7. The highest BCUT2D eigenvalue weighted by Gasteiger charge is 2.21. The maximum Gasteiger partial charge on any atom is 0.119 e. The van der Waals surface area contributed by atoms with Crippen molar-refractivity contribution < 1.29 is 14.6 Å². The largest absolute Gasteiger partial charge is 0.493 e. The quantitative estimate of drug-likeness (QED) is 0.900. The zero-order valence-electron chi connectivity index (χ0n) is 9.64. The molecule has 2 rings (SSSR count). The molecule has 1 aromatic rings. The van der Waals surface area contributed by atoms with E-state index in [-0.39, 0.29) is 12.7 Å². The van der Waals surface area contributed by atoms with Crippen LogP contribution >= 0.6 is 11.6 Å². The lowest BCUT2D eigenvalue weighted by atomic mass is 9.99. The fourth-order valence-corrected chi connectivity index (χ4v) is 2.01. The monoisotopic (exact) mass is 256 g/mol. The van der Waals surface area contributed by atoms with E-state index < -0.39 is 0 Å². The number of benzene rings is 1. The van der Waals surface area contributed by atoms with E-state index in [9.17, 15) is 0 Å². The van der Waals surface area contributed by atoms with Gasteiger partial charge in [-0.15, -0.1) is 0 Å². The molecule has 1 saturated heterocycles. The number of rotatable bonds is 4. The second kappa shape index (κ2) is 6.24. The Morgan fingerprint density at radius 2 is 2.06 bits per heavy atom. The fourth-order valence-electron chi connectivity index (χ4n) is 1.88. The maximum absolute atomic E-state index is 8.94. The molecule has 0 spiro atoms. The van der Waals surface area contributed by atoms with Crippen LogP contribution in [0.4, 0.5) is 0 Å². The predicted octanol–water partition coefficient (Wildman–Crippen LogP) is 2.51. The van der Waals surface area contributed by atoms with Crippen LogP contribution in [0, 0.1) is 5.92 Å². The highest BCUT2D eigenvalue weighted by Crippen LogP contribution is 2.21. The van der Waals surface area contributed by atoms with Gasteiger partial charge in [0, 0.05) is 10.9 Å². The minimum Gasteiger partial charge on any atom is -0.493 e. The summed E-state index contributed by atoms with van der Waals surface area (Å²) in [7, 11) is 0. The van der Waals surface area contributed by atoms with Gasteiger partial charge >= 0.3 is 0 Å². The Morgan fingerprint density at radius 3 is 2.65 bits per heavy atom. The van der Waals surface area contributed by atoms with E-state index in [2.05, 4.69) is 0 Å². The van der Waals surface area contributed by atoms with Gasteiger partial charge in [-0.25, -0.2) is 0 Å². The minimum atomic E-state index is 0.0155. The van der Waals surface area contributed by atoms with Gasteiger partial charge in [-0.3, -0.25) is 0 Å². The molecule has 0 bridgehead atoms. The van der Waals surface area contributed by atoms with Crippen molar-refractivity contribution in [1.82, 2.24) is 0 Å². The number of hydrogen-bond acceptors (Lipinski definition) is 3. The van der Waals surface area contributed by atoms with Crippen LogP contribution in [0.5, 0.6) is 5.75 Å². The van der Waals surface area contributed by atoms with E-state index >= 15 is 0 Å². The number of aliphatic hydroxyl groups is 1. The molecular formula is C13H17ClO3. The van der Waals surface area contributed by atoms with Gasteiger partial charge in [-0.2, -0.15) is 0 Å². The van der Waals surface area contributed by atoms with E-state index in [1.165, 1.54) is 0 Å². The number of halogens is 1. The summed E-state index contributed by atoms with van der Waals surface area (Å²) in [6, 6.07) is 7.36. The third kappa shape index (κ3) is 3.87. The standard InChI is InChI=1S/C13H17ClO3/c14-11-2-5-12(6-3-11)16-8-10-1-4-13(7-15)17-9-10/h2-3,5-6,10,13,15H,1,4,7-9H2. The van der Waals surface area contributed by atoms with Gasteiger partial charge in [-0.05, 0) is 37.1 Å². The molecule has 0 amide bonds. The second-order valence-electron chi connectivity index (χ2n) is 4.35. The molecule has 1 aliphatic heterocycles. The normalized spacial score (nSPS) is 24.6. The fraction of sp³-hybridized carbons (Fsp3) is 0.538. The molecule has 1 aliphatic rings. The first-order chi connectivity index (χ1) is 8.28. The third-order valence-electron chi connectivity index (χ3n) is 2.97. The molecule has 1 aromatic carbocycles. The van der Waals surface area contributed by atoms with Crippen molar-refractivity contribution in [1.29, 1.82) is 0 Å². The van der Waals surface area contributed by atoms with Crippen molar-refractivity contribution in [2.45, 2.75) is 18.9 Å². The van der Waals surface area contributed by atoms with E-state index in [0.717, 1.165) is 18.6 Å². The van der Waals surface area contributed by atoms with E-state index in [1.807, 2.05) is 24.3 Å². The van der Waals surface area contributed by atoms with Crippen LogP contribution in [0.1, 0.15) is 12.8 Å². The molecule has 2 atom stereocenters. The van der Waals surface area contributed by atoms with Crippen LogP contribution in [0.3, 0.4) is 0 Å². The number of hydrogen-bond donors (Lipinski definition) is 1. The van der Waals surface area contributed by atoms with Crippen molar-refractivity contribution >= 4 is 11.6 Å². The Morgan fingerprint density at radius 1 is 1.29 bits per heavy atom. The van der Waals surface area contributed by atoms with Crippen LogP contribution < -0.4 is 4.74 Å². The predicted molar refractivity (Wildman–Crippen MR) is 66.5 cm³/mol. The van der Waals surface area contributed by atoms with Gasteiger partial charge in [-0.1, -0.05) is 11.6 Å². The summed E-state index contributed by atoms with van der Waals surface area (Å²) in [5.74, 6) is 1.24. The molecule has 3 nitrogen and oxygen atoms in total. The average Bonchev–Trinajstić information content (AvgIpc) is 2.39. The summed E-state index contributed by atoms with van der Waals surface area (Å²) in [4.78, 5) is 0. The minimum absolute atomic E-state index is 0.0155. The molecule has 4 heteroatoms. The van der Waals surface area contributed by atoms with Gasteiger partial charge in [0.2, 0.25) is 0 Å². The van der Waals surface area contributed by atoms with Gasteiger partial charge in [0.05, 0.1) is 25.9 Å². The maximum atomic E-state index is 8.94. The van der Waals surface area contributed by atoms with Crippen molar-refractivity contribution in [3.05, 3.63) is 29.3 Å². The second-order valence-corrected chi connectivity index (χ2v) is 4.78. The van der Waals surface area contributed by atoms with Crippen LogP contribution in [-0.2, 0) is 4.74 Å². The molecule has 1 fully saturated rings. The van der Waals surface area contributed by atoms with Gasteiger partial charge < -0.3 is 14.6 Å². The molecule has 1 N–H and O–H groups in total. The topological polar surface area (TPSA) is 38.7 Å². The van der Waals surface area contributed by atoms with Gasteiger partial charge in [0.15, 0.2) is 0 Å². The van der Waals surface area contributed by atoms with E-state index in [1.54, 1.807) is 0 Å². The third-order valence-corrected chi connectivity index (χ3v) is 3.22. The Labute approximate surface area is 106 Å². The molecule has 2 unspecified atom stereocenters. The van der Waals surface area contributed by atoms with Crippen molar-refractivity contribution in [3.63, 3.8) is 0 Å². The molecule has 0 saturated carbocycles. The Balaban J connectivity index is 1.74. The lowest BCUT2D eigenvalue weighted by Crippen LogP contribution is -2.31. The summed E-state index contributed by atoms with van der Waals surface area (Å²) in [6.45, 7) is 1.43. The van der Waals surface area contributed by atoms with Crippen LogP contribution in [0.25, 0.3) is 0 Å². The van der Waals surface area contributed by atoms with Gasteiger partial charge in [0.25, 0.3) is 0 Å². The zero-order chi connectivity index (χ0) is 12.1. The Bertz CT molecular complexity index is 331. The van der Waals surface area contributed by atoms with Crippen molar-refractivity contribution in [2.75, 3.05) is 19.8 Å². The SMILES string of the molecule is OCC1CCC(COc2ccc(Cl)cc2)CO1. The van der Waals surface area contributed by atoms with Gasteiger partial charge in [0.1, 0.15) is 5.75 Å². The van der Waals surface area contributed by atoms with Crippen LogP contribution in [0.15, 0.2) is 24.3 Å². The first-order valence-electron chi connectivity index (χ1n) is 5.88.